The van der Waals surface area contributed by atoms with Gasteiger partial charge < -0.3 is 9.80 Å². The molecule has 0 radical (unpaired) electrons. The number of sulfonamides is 1. The minimum absolute atomic E-state index is 0.127. The van der Waals surface area contributed by atoms with Gasteiger partial charge in [0.15, 0.2) is 0 Å². The first kappa shape index (κ1) is 28.6. The molecule has 13 heteroatoms. The van der Waals surface area contributed by atoms with Crippen molar-refractivity contribution < 1.29 is 30.8 Å². The highest BCUT2D eigenvalue weighted by Gasteiger charge is 2.41. The van der Waals surface area contributed by atoms with Crippen molar-refractivity contribution in [2.24, 2.45) is 0 Å². The van der Waals surface area contributed by atoms with Gasteiger partial charge in [-0.3, -0.25) is 4.90 Å². The van der Waals surface area contributed by atoms with Crippen molar-refractivity contribution in [1.82, 2.24) is 19.0 Å². The minimum Gasteiger partial charge on any atom is -0.322 e. The highest BCUT2D eigenvalue weighted by Crippen LogP contribution is 2.34. The van der Waals surface area contributed by atoms with E-state index in [1.807, 2.05) is 17.0 Å². The molecule has 0 aromatic heterocycles. The molecule has 38 heavy (non-hydrogen) atoms. The van der Waals surface area contributed by atoms with Crippen LogP contribution in [0, 0.1) is 5.82 Å². The van der Waals surface area contributed by atoms with Crippen LogP contribution >= 0.6 is 11.6 Å². The molecular weight excluding hydrogens is 548 g/mol. The number of rotatable bonds is 5. The van der Waals surface area contributed by atoms with E-state index >= 15 is 0 Å². The van der Waals surface area contributed by atoms with Gasteiger partial charge >= 0.3 is 12.2 Å². The van der Waals surface area contributed by atoms with Gasteiger partial charge in [0.25, 0.3) is 0 Å². The second-order valence-corrected chi connectivity index (χ2v) is 12.2. The molecule has 2 aromatic carbocycles. The third-order valence-corrected chi connectivity index (χ3v) is 8.73. The maximum Gasteiger partial charge on any atom is 0.419 e. The quantitative estimate of drug-likeness (QED) is 0.503. The molecule has 208 valence electrons. The van der Waals surface area contributed by atoms with Gasteiger partial charge in [0.05, 0.1) is 11.8 Å². The van der Waals surface area contributed by atoms with Crippen molar-refractivity contribution in [1.29, 1.82) is 0 Å². The van der Waals surface area contributed by atoms with Crippen molar-refractivity contribution in [2.45, 2.75) is 24.7 Å². The molecule has 7 nitrogen and oxygen atoms in total. The number of amides is 2. The first-order valence-corrected chi connectivity index (χ1v) is 14.3. The summed E-state index contributed by atoms with van der Waals surface area (Å²) in [7, 11) is -1.54. The molecule has 2 saturated heterocycles. The molecule has 2 atom stereocenters. The second kappa shape index (κ2) is 11.0. The Balaban J connectivity index is 1.51. The lowest BCUT2D eigenvalue weighted by Crippen LogP contribution is -2.53. The number of hydrogen-bond acceptors (Lipinski definition) is 4. The molecule has 2 heterocycles. The van der Waals surface area contributed by atoms with Gasteiger partial charge in [0.1, 0.15) is 5.82 Å². The van der Waals surface area contributed by atoms with Gasteiger partial charge in [0.2, 0.25) is 10.0 Å². The van der Waals surface area contributed by atoms with Crippen LogP contribution in [0.4, 0.5) is 22.4 Å². The van der Waals surface area contributed by atoms with Crippen LogP contribution in [-0.4, -0.2) is 92.1 Å². The van der Waals surface area contributed by atoms with Crippen LogP contribution in [0.15, 0.2) is 42.5 Å². The fourth-order valence-corrected chi connectivity index (χ4v) is 6.08. The predicted molar refractivity (Wildman–Crippen MR) is 136 cm³/mol. The number of halogens is 5. The highest BCUT2D eigenvalue weighted by atomic mass is 35.5. The summed E-state index contributed by atoms with van der Waals surface area (Å²) in [6.07, 6.45) is -3.63. The number of carbonyl (C=O) groups excluding carboxylic acids is 1. The van der Waals surface area contributed by atoms with E-state index in [1.165, 1.54) is 10.4 Å². The predicted octanol–water partition coefficient (Wildman–Crippen LogP) is 4.09. The van der Waals surface area contributed by atoms with Gasteiger partial charge in [-0.15, -0.1) is 0 Å². The topological polar surface area (TPSA) is 64.2 Å². The number of alkyl halides is 3. The average Bonchev–Trinajstić information content (AvgIpc) is 3.28. The summed E-state index contributed by atoms with van der Waals surface area (Å²) in [6, 6.07) is 9.78. The lowest BCUT2D eigenvalue weighted by Gasteiger charge is -2.35. The largest absolute Gasteiger partial charge is 0.419 e. The number of likely N-dealkylation sites (N-methyl/N-ethyl adjacent to an activating group) is 1. The number of urea groups is 1. The Morgan fingerprint density at radius 3 is 2.21 bits per heavy atom. The maximum absolute atomic E-state index is 14.2. The summed E-state index contributed by atoms with van der Waals surface area (Å²) in [5.74, 6) is -1.45. The molecule has 0 aliphatic carbocycles. The van der Waals surface area contributed by atoms with Crippen molar-refractivity contribution >= 4 is 27.7 Å². The van der Waals surface area contributed by atoms with Crippen LogP contribution in [0.3, 0.4) is 0 Å². The van der Waals surface area contributed by atoms with Crippen molar-refractivity contribution in [3.8, 4) is 0 Å². The van der Waals surface area contributed by atoms with E-state index in [9.17, 15) is 30.8 Å². The zero-order chi connectivity index (χ0) is 27.8. The van der Waals surface area contributed by atoms with E-state index in [-0.39, 0.29) is 50.7 Å². The second-order valence-electron chi connectivity index (χ2n) is 9.79. The SMILES string of the molecule is CN(Cc1ccc(C(F)(F)F)c(F)c1)[C@@H]1CN(C(=O)N2CCN(S(C)(=O)=O)CC2)C[C@@H]1c1ccc(Cl)cc1. The average molecular weight is 577 g/mol. The summed E-state index contributed by atoms with van der Waals surface area (Å²) in [6.45, 7) is 1.92. The Morgan fingerprint density at radius 2 is 1.66 bits per heavy atom. The third-order valence-electron chi connectivity index (χ3n) is 7.17. The number of carbonyl (C=O) groups is 1. The van der Waals surface area contributed by atoms with Gasteiger partial charge in [-0.1, -0.05) is 29.8 Å². The lowest BCUT2D eigenvalue weighted by atomic mass is 9.93. The van der Waals surface area contributed by atoms with E-state index in [4.69, 9.17) is 11.6 Å². The summed E-state index contributed by atoms with van der Waals surface area (Å²) >= 11 is 6.06. The third kappa shape index (κ3) is 6.41. The first-order chi connectivity index (χ1) is 17.7. The fraction of sp³-hybridized carbons (Fsp3) is 0.480. The molecule has 2 aliphatic rings. The van der Waals surface area contributed by atoms with Crippen LogP contribution in [0.25, 0.3) is 0 Å². The first-order valence-electron chi connectivity index (χ1n) is 12.0. The van der Waals surface area contributed by atoms with E-state index < -0.39 is 27.6 Å². The molecule has 0 unspecified atom stereocenters. The molecule has 2 fully saturated rings. The summed E-state index contributed by atoms with van der Waals surface area (Å²) in [4.78, 5) is 18.6. The molecule has 4 rings (SSSR count). The number of benzene rings is 2. The Bertz CT molecular complexity index is 1270. The van der Waals surface area contributed by atoms with E-state index in [0.717, 1.165) is 24.0 Å². The van der Waals surface area contributed by atoms with Gasteiger partial charge in [-0.05, 0) is 42.4 Å². The van der Waals surface area contributed by atoms with Crippen LogP contribution in [-0.2, 0) is 22.7 Å². The number of likely N-dealkylation sites (tertiary alicyclic amines) is 1. The maximum atomic E-state index is 14.2. The Morgan fingerprint density at radius 1 is 1.03 bits per heavy atom. The monoisotopic (exact) mass is 576 g/mol. The number of nitrogens with zero attached hydrogens (tertiary/aromatic N) is 4. The summed E-state index contributed by atoms with van der Waals surface area (Å²) in [5.41, 5.74) is 0.0214. The molecule has 2 amide bonds. The van der Waals surface area contributed by atoms with Crippen molar-refractivity contribution in [2.75, 3.05) is 52.6 Å². The normalized spacial score (nSPS) is 21.4. The molecule has 2 aliphatic heterocycles. The fourth-order valence-electron chi connectivity index (χ4n) is 5.13. The number of piperazine rings is 1. The lowest BCUT2D eigenvalue weighted by molar-refractivity contribution is -0.140. The van der Waals surface area contributed by atoms with E-state index in [1.54, 1.807) is 29.0 Å². The van der Waals surface area contributed by atoms with Crippen LogP contribution in [0.1, 0.15) is 22.6 Å². The smallest absolute Gasteiger partial charge is 0.322 e. The van der Waals surface area contributed by atoms with Crippen molar-refractivity contribution in [3.05, 3.63) is 70.0 Å². The Kier molecular flexibility index (Phi) is 8.27. The summed E-state index contributed by atoms with van der Waals surface area (Å²) in [5, 5.41) is 0.563. The van der Waals surface area contributed by atoms with E-state index in [2.05, 4.69) is 0 Å². The molecule has 0 N–H and O–H groups in total. The van der Waals surface area contributed by atoms with Gasteiger partial charge in [-0.2, -0.15) is 17.5 Å². The zero-order valence-corrected chi connectivity index (χ0v) is 22.5. The molecule has 0 saturated carbocycles. The molecular formula is C25H29ClF4N4O3S. The molecule has 0 spiro atoms. The van der Waals surface area contributed by atoms with Crippen LogP contribution in [0.5, 0.6) is 0 Å². The molecule has 0 bridgehead atoms. The van der Waals surface area contributed by atoms with Crippen LogP contribution < -0.4 is 0 Å². The number of hydrogen-bond donors (Lipinski definition) is 0. The van der Waals surface area contributed by atoms with Gasteiger partial charge in [0, 0.05) is 62.8 Å². The Labute approximate surface area is 224 Å². The summed E-state index contributed by atoms with van der Waals surface area (Å²) < 4.78 is 78.1. The van der Waals surface area contributed by atoms with Gasteiger partial charge in [-0.25, -0.2) is 17.6 Å². The minimum atomic E-state index is -4.77. The van der Waals surface area contributed by atoms with Crippen LogP contribution in [0.2, 0.25) is 5.02 Å². The zero-order valence-electron chi connectivity index (χ0n) is 21.0. The highest BCUT2D eigenvalue weighted by molar-refractivity contribution is 7.88. The van der Waals surface area contributed by atoms with Crippen molar-refractivity contribution in [3.63, 3.8) is 0 Å². The van der Waals surface area contributed by atoms with E-state index in [0.29, 0.717) is 23.7 Å². The molecule has 2 aromatic rings. The Hall–Kier alpha value is -2.41. The standard InChI is InChI=1S/C25H29ClF4N4O3S/c1-31(14-17-3-8-21(22(27)13-17)25(28,29)30)23-16-33(15-20(23)18-4-6-19(26)7-5-18)24(35)32-9-11-34(12-10-32)38(2,36)37/h3-8,13,20,23H,9-12,14-16H2,1-2H3/t20-,23-/m1/s1.